The average Bonchev–Trinajstić information content (AvgIpc) is 3.81. The van der Waals surface area contributed by atoms with Crippen molar-refractivity contribution in [2.45, 2.75) is 29.5 Å². The minimum atomic E-state index is -5.27. The van der Waals surface area contributed by atoms with Crippen molar-refractivity contribution in [1.29, 1.82) is 0 Å². The highest BCUT2D eigenvalue weighted by Crippen LogP contribution is 2.44. The molecule has 1 unspecified atom stereocenters. The molecule has 0 aromatic heterocycles. The Morgan fingerprint density at radius 2 is 1.51 bits per heavy atom. The third-order valence-corrected chi connectivity index (χ3v) is 8.97. The summed E-state index contributed by atoms with van der Waals surface area (Å²) in [6.07, 6.45) is -3.78. The number of nitrogens with zero attached hydrogens (tertiary/aromatic N) is 3. The number of amides is 1. The van der Waals surface area contributed by atoms with Crippen LogP contribution in [0.15, 0.2) is 83.8 Å². The van der Waals surface area contributed by atoms with E-state index in [0.29, 0.717) is 18.7 Å². The van der Waals surface area contributed by atoms with Gasteiger partial charge < -0.3 is 14.9 Å². The number of alkyl halides is 3. The molecule has 43 heavy (non-hydrogen) atoms. The zero-order valence-corrected chi connectivity index (χ0v) is 25.0. The molecule has 1 atom stereocenters. The van der Waals surface area contributed by atoms with E-state index in [-0.39, 0.29) is 34.5 Å². The molecular formula is C32H34F3N3O4S. The highest BCUT2D eigenvalue weighted by atomic mass is 32.2. The zero-order chi connectivity index (χ0) is 31.4. The normalized spacial score (nSPS) is 14.9. The molecule has 1 amide bonds. The number of sulfonamides is 1. The topological polar surface area (TPSA) is 81.2 Å². The third-order valence-electron chi connectivity index (χ3n) is 7.17. The van der Waals surface area contributed by atoms with E-state index in [1.807, 2.05) is 24.9 Å². The lowest BCUT2D eigenvalue weighted by Gasteiger charge is -2.32. The van der Waals surface area contributed by atoms with Crippen LogP contribution >= 0.6 is 0 Å². The Kier molecular flexibility index (Phi) is 9.54. The van der Waals surface area contributed by atoms with Crippen LogP contribution in [0.3, 0.4) is 0 Å². The summed E-state index contributed by atoms with van der Waals surface area (Å²) in [5.41, 5.74) is -4.21. The van der Waals surface area contributed by atoms with Crippen LogP contribution in [0, 0.1) is 17.8 Å². The third kappa shape index (κ3) is 7.39. The van der Waals surface area contributed by atoms with E-state index < -0.39 is 27.4 Å². The predicted molar refractivity (Wildman–Crippen MR) is 159 cm³/mol. The molecule has 0 saturated heterocycles. The maximum absolute atomic E-state index is 14.6. The number of hydrogen-bond acceptors (Lipinski definition) is 5. The van der Waals surface area contributed by atoms with Crippen LogP contribution in [0.2, 0.25) is 0 Å². The van der Waals surface area contributed by atoms with Gasteiger partial charge in [0.1, 0.15) is 0 Å². The lowest BCUT2D eigenvalue weighted by molar-refractivity contribution is -0.240. The van der Waals surface area contributed by atoms with Crippen molar-refractivity contribution in [3.63, 3.8) is 0 Å². The van der Waals surface area contributed by atoms with E-state index >= 15 is 0 Å². The maximum Gasteiger partial charge on any atom is 0.433 e. The molecule has 1 N–H and O–H groups in total. The first-order valence-corrected chi connectivity index (χ1v) is 15.2. The number of likely N-dealkylation sites (N-methyl/N-ethyl adjacent to an activating group) is 2. The summed E-state index contributed by atoms with van der Waals surface area (Å²) in [7, 11) is 1.17. The average molecular weight is 614 g/mol. The molecule has 1 aliphatic carbocycles. The molecule has 1 saturated carbocycles. The van der Waals surface area contributed by atoms with Crippen LogP contribution in [-0.2, 0) is 15.6 Å². The van der Waals surface area contributed by atoms with Gasteiger partial charge in [0.25, 0.3) is 21.5 Å². The molecule has 0 heterocycles. The monoisotopic (exact) mass is 613 g/mol. The fraction of sp³-hybridized carbons (Fsp3) is 0.344. The van der Waals surface area contributed by atoms with Crippen molar-refractivity contribution in [1.82, 2.24) is 9.80 Å². The predicted octanol–water partition coefficient (Wildman–Crippen LogP) is 4.73. The second kappa shape index (κ2) is 12.8. The molecule has 7 nitrogen and oxygen atoms in total. The lowest BCUT2D eigenvalue weighted by atomic mass is 9.91. The van der Waals surface area contributed by atoms with Crippen LogP contribution in [0.4, 0.5) is 18.9 Å². The number of halogens is 3. The second-order valence-corrected chi connectivity index (χ2v) is 12.7. The van der Waals surface area contributed by atoms with E-state index in [1.165, 1.54) is 71.6 Å². The van der Waals surface area contributed by atoms with Gasteiger partial charge in [-0.2, -0.15) is 13.2 Å². The van der Waals surface area contributed by atoms with Crippen molar-refractivity contribution in [3.05, 3.63) is 95.6 Å². The Bertz CT molecular complexity index is 1600. The minimum absolute atomic E-state index is 0.0141. The first kappa shape index (κ1) is 32.1. The summed E-state index contributed by atoms with van der Waals surface area (Å²) in [5, 5.41) is 11.2. The van der Waals surface area contributed by atoms with Gasteiger partial charge in [-0.3, -0.25) is 9.10 Å². The van der Waals surface area contributed by atoms with E-state index in [2.05, 4.69) is 5.92 Å². The Hall–Kier alpha value is -3.85. The number of carbonyl (C=O) groups is 1. The van der Waals surface area contributed by atoms with Crippen LogP contribution in [0.25, 0.3) is 0 Å². The summed E-state index contributed by atoms with van der Waals surface area (Å²) in [5.74, 6) is 4.12. The Morgan fingerprint density at radius 1 is 0.907 bits per heavy atom. The molecule has 228 valence electrons. The van der Waals surface area contributed by atoms with Crippen LogP contribution in [-0.4, -0.2) is 76.2 Å². The van der Waals surface area contributed by atoms with E-state index in [4.69, 9.17) is 0 Å². The summed E-state index contributed by atoms with van der Waals surface area (Å²) in [6.45, 7) is 1.12. The fourth-order valence-electron chi connectivity index (χ4n) is 4.40. The minimum Gasteiger partial charge on any atom is -0.366 e. The number of anilines is 1. The highest BCUT2D eigenvalue weighted by molar-refractivity contribution is 7.92. The number of aliphatic hydroxyl groups is 1. The summed E-state index contributed by atoms with van der Waals surface area (Å²) in [6, 6.07) is 18.2. The van der Waals surface area contributed by atoms with Gasteiger partial charge in [0, 0.05) is 43.4 Å². The number of hydrogen-bond donors (Lipinski definition) is 1. The van der Waals surface area contributed by atoms with Gasteiger partial charge in [0.15, 0.2) is 0 Å². The molecule has 0 bridgehead atoms. The van der Waals surface area contributed by atoms with Gasteiger partial charge >= 0.3 is 6.18 Å². The van der Waals surface area contributed by atoms with Gasteiger partial charge in [-0.25, -0.2) is 8.42 Å². The van der Waals surface area contributed by atoms with Crippen molar-refractivity contribution >= 4 is 21.6 Å². The quantitative estimate of drug-likeness (QED) is 0.335. The van der Waals surface area contributed by atoms with Crippen LogP contribution < -0.4 is 4.31 Å². The van der Waals surface area contributed by atoms with Crippen molar-refractivity contribution in [3.8, 4) is 11.8 Å². The van der Waals surface area contributed by atoms with E-state index in [0.717, 1.165) is 23.2 Å². The molecule has 0 aliphatic heterocycles. The molecular weight excluding hydrogens is 579 g/mol. The van der Waals surface area contributed by atoms with Crippen LogP contribution in [0.1, 0.15) is 34.3 Å². The Labute approximate surface area is 250 Å². The first-order valence-electron chi connectivity index (χ1n) is 13.7. The molecule has 1 fully saturated rings. The molecule has 0 radical (unpaired) electrons. The number of rotatable bonds is 10. The molecule has 11 heteroatoms. The number of benzene rings is 3. The summed E-state index contributed by atoms with van der Waals surface area (Å²) >= 11 is 0. The molecule has 0 spiro atoms. The van der Waals surface area contributed by atoms with Gasteiger partial charge in [-0.1, -0.05) is 42.3 Å². The smallest absolute Gasteiger partial charge is 0.366 e. The standard InChI is InChI=1S/C32H34F3N3O4S/c1-36(2)21-22-37(3)30(39)26-17-15-24(16-18-26)19-20-31(40,32(33,34)35)28-11-7-8-12-29(28)38(23-25-13-14-25)43(41,42)27-9-5-4-6-10-27/h4-12,15-18,25,40H,13-14,21-23H2,1-3H3. The van der Waals surface area contributed by atoms with Gasteiger partial charge in [-0.05, 0) is 81.2 Å². The SMILES string of the molecule is CN(C)CCN(C)C(=O)c1ccc(C#CC(O)(c2ccccc2N(CC2CC2)S(=O)(=O)c2ccccc2)C(F)(F)F)cc1. The fourth-order valence-corrected chi connectivity index (χ4v) is 5.98. The number of para-hydroxylation sites is 1. The first-order chi connectivity index (χ1) is 20.2. The zero-order valence-electron chi connectivity index (χ0n) is 24.2. The molecule has 3 aromatic carbocycles. The van der Waals surface area contributed by atoms with E-state index in [9.17, 15) is 31.5 Å². The lowest BCUT2D eigenvalue weighted by Crippen LogP contribution is -2.43. The van der Waals surface area contributed by atoms with E-state index in [1.54, 1.807) is 13.1 Å². The van der Waals surface area contributed by atoms with Gasteiger partial charge in [-0.15, -0.1) is 0 Å². The highest BCUT2D eigenvalue weighted by Gasteiger charge is 2.56. The Balaban J connectivity index is 1.72. The summed E-state index contributed by atoms with van der Waals surface area (Å²) < 4.78 is 72.3. The molecule has 3 aromatic rings. The summed E-state index contributed by atoms with van der Waals surface area (Å²) in [4.78, 5) is 16.1. The van der Waals surface area contributed by atoms with Gasteiger partial charge in [0.2, 0.25) is 0 Å². The van der Waals surface area contributed by atoms with Crippen molar-refractivity contribution < 1.29 is 31.5 Å². The number of carbonyl (C=O) groups excluding carboxylic acids is 1. The molecule has 1 aliphatic rings. The largest absolute Gasteiger partial charge is 0.433 e. The van der Waals surface area contributed by atoms with Gasteiger partial charge in [0.05, 0.1) is 10.6 Å². The molecule has 4 rings (SSSR count). The Morgan fingerprint density at radius 3 is 2.09 bits per heavy atom. The second-order valence-electron chi connectivity index (χ2n) is 10.9. The van der Waals surface area contributed by atoms with Crippen molar-refractivity contribution in [2.24, 2.45) is 5.92 Å². The van der Waals surface area contributed by atoms with Crippen LogP contribution in [0.5, 0.6) is 0 Å². The van der Waals surface area contributed by atoms with Crippen molar-refractivity contribution in [2.75, 3.05) is 45.1 Å². The maximum atomic E-state index is 14.6.